The van der Waals surface area contributed by atoms with E-state index in [0.29, 0.717) is 0 Å². The van der Waals surface area contributed by atoms with Gasteiger partial charge in [-0.3, -0.25) is 4.72 Å². The first-order chi connectivity index (χ1) is 15.7. The van der Waals surface area contributed by atoms with Crippen molar-refractivity contribution in [3.63, 3.8) is 0 Å². The number of aromatic nitrogens is 1. The van der Waals surface area contributed by atoms with Crippen LogP contribution in [-0.4, -0.2) is 67.7 Å². The lowest BCUT2D eigenvalue weighted by Crippen LogP contribution is -2.44. The minimum absolute atomic E-state index is 0.782. The van der Waals surface area contributed by atoms with Crippen molar-refractivity contribution in [1.82, 2.24) is 19.5 Å². The van der Waals surface area contributed by atoms with E-state index < -0.39 is 0 Å². The van der Waals surface area contributed by atoms with E-state index in [1.807, 2.05) is 0 Å². The van der Waals surface area contributed by atoms with E-state index in [2.05, 4.69) is 82.1 Å². The third-order valence-corrected chi connectivity index (χ3v) is 7.00. The van der Waals surface area contributed by atoms with Crippen molar-refractivity contribution in [2.24, 2.45) is 0 Å². The lowest BCUT2D eigenvalue weighted by Gasteiger charge is -2.32. The fraction of sp³-hybridized carbons (Fsp3) is 0.462. The van der Waals surface area contributed by atoms with Gasteiger partial charge >= 0.3 is 0 Å². The fourth-order valence-electron chi connectivity index (χ4n) is 4.14. The van der Waals surface area contributed by atoms with Crippen LogP contribution >= 0.6 is 11.9 Å². The Morgan fingerprint density at radius 3 is 2.66 bits per heavy atom. The van der Waals surface area contributed by atoms with Gasteiger partial charge in [0.25, 0.3) is 0 Å². The maximum atomic E-state index is 5.93. The lowest BCUT2D eigenvalue weighted by atomic mass is 10.1. The molecule has 1 saturated heterocycles. The highest BCUT2D eigenvalue weighted by Crippen LogP contribution is 2.22. The predicted octanol–water partition coefficient (Wildman–Crippen LogP) is 4.72. The molecule has 0 spiro atoms. The summed E-state index contributed by atoms with van der Waals surface area (Å²) in [6.07, 6.45) is 5.43. The molecule has 2 heterocycles. The van der Waals surface area contributed by atoms with Crippen LogP contribution in [0, 0.1) is 6.92 Å². The van der Waals surface area contributed by atoms with Crippen molar-refractivity contribution in [3.8, 4) is 5.75 Å². The smallest absolute Gasteiger partial charge is 0.119 e. The van der Waals surface area contributed by atoms with Gasteiger partial charge in [0.2, 0.25) is 0 Å². The second kappa shape index (κ2) is 11.8. The zero-order chi connectivity index (χ0) is 22.2. The van der Waals surface area contributed by atoms with E-state index in [4.69, 9.17) is 4.74 Å². The number of rotatable bonds is 11. The summed E-state index contributed by atoms with van der Waals surface area (Å²) in [5.74, 6) is 0.961. The molecule has 1 aliphatic rings. The van der Waals surface area contributed by atoms with Crippen molar-refractivity contribution < 1.29 is 4.74 Å². The summed E-state index contributed by atoms with van der Waals surface area (Å²) in [6, 6.07) is 15.0. The standard InChI is InChI=1S/C26H36N4OS/c1-21-6-11-26-25(19-21)22(20-27-26)5-3-12-28-32-24-9-7-23(8-10-24)31-18-4-13-30-16-14-29(2)15-17-30/h6-11,19-20,27-28H,3-5,12-18H2,1-2H3. The molecule has 0 aliphatic carbocycles. The first-order valence-electron chi connectivity index (χ1n) is 11.8. The fourth-order valence-corrected chi connectivity index (χ4v) is 4.82. The molecule has 4 rings (SSSR count). The molecule has 0 amide bonds. The van der Waals surface area contributed by atoms with E-state index in [-0.39, 0.29) is 0 Å². The molecule has 1 fully saturated rings. The number of ether oxygens (including phenoxy) is 1. The van der Waals surface area contributed by atoms with Crippen LogP contribution in [0.15, 0.2) is 53.6 Å². The molecule has 1 aliphatic heterocycles. The summed E-state index contributed by atoms with van der Waals surface area (Å²) in [5.41, 5.74) is 3.95. The Kier molecular flexibility index (Phi) is 8.51. The number of H-pyrrole nitrogens is 1. The highest BCUT2D eigenvalue weighted by molar-refractivity contribution is 7.97. The van der Waals surface area contributed by atoms with Crippen LogP contribution in [0.3, 0.4) is 0 Å². The van der Waals surface area contributed by atoms with Crippen LogP contribution in [0.1, 0.15) is 24.0 Å². The van der Waals surface area contributed by atoms with Gasteiger partial charge in [-0.15, -0.1) is 0 Å². The van der Waals surface area contributed by atoms with Gasteiger partial charge < -0.3 is 19.5 Å². The summed E-state index contributed by atoms with van der Waals surface area (Å²) >= 11 is 1.70. The number of nitrogens with zero attached hydrogens (tertiary/aromatic N) is 2. The summed E-state index contributed by atoms with van der Waals surface area (Å²) in [7, 11) is 2.20. The summed E-state index contributed by atoms with van der Waals surface area (Å²) in [5, 5.41) is 1.36. The van der Waals surface area contributed by atoms with Crippen molar-refractivity contribution in [1.29, 1.82) is 0 Å². The molecular weight excluding hydrogens is 416 g/mol. The number of aryl methyl sites for hydroxylation is 2. The van der Waals surface area contributed by atoms with Crippen molar-refractivity contribution in [2.45, 2.75) is 31.1 Å². The Labute approximate surface area is 196 Å². The Hall–Kier alpha value is -1.99. The monoisotopic (exact) mass is 452 g/mol. The van der Waals surface area contributed by atoms with Gasteiger partial charge in [0, 0.05) is 61.3 Å². The molecule has 1 aromatic heterocycles. The first-order valence-corrected chi connectivity index (χ1v) is 12.6. The topological polar surface area (TPSA) is 43.5 Å². The van der Waals surface area contributed by atoms with Gasteiger partial charge in [-0.2, -0.15) is 0 Å². The van der Waals surface area contributed by atoms with Gasteiger partial charge in [-0.1, -0.05) is 11.6 Å². The van der Waals surface area contributed by atoms with E-state index >= 15 is 0 Å². The molecule has 172 valence electrons. The van der Waals surface area contributed by atoms with Gasteiger partial charge in [-0.25, -0.2) is 0 Å². The van der Waals surface area contributed by atoms with Crippen LogP contribution in [-0.2, 0) is 6.42 Å². The molecule has 0 saturated carbocycles. The Morgan fingerprint density at radius 1 is 1.03 bits per heavy atom. The largest absolute Gasteiger partial charge is 0.494 e. The lowest BCUT2D eigenvalue weighted by molar-refractivity contribution is 0.145. The molecule has 0 unspecified atom stereocenters. The third kappa shape index (κ3) is 6.75. The minimum Gasteiger partial charge on any atom is -0.494 e. The summed E-state index contributed by atoms with van der Waals surface area (Å²) in [6.45, 7) is 9.75. The average Bonchev–Trinajstić information content (AvgIpc) is 3.20. The normalized spacial score (nSPS) is 15.4. The van der Waals surface area contributed by atoms with Crippen LogP contribution in [0.5, 0.6) is 5.75 Å². The molecule has 32 heavy (non-hydrogen) atoms. The molecule has 0 atom stereocenters. The maximum absolute atomic E-state index is 5.93. The van der Waals surface area contributed by atoms with Crippen LogP contribution in [0.2, 0.25) is 0 Å². The molecular formula is C26H36N4OS. The highest BCUT2D eigenvalue weighted by Gasteiger charge is 2.12. The Balaban J connectivity index is 1.10. The number of benzene rings is 2. The number of piperazine rings is 1. The SMILES string of the molecule is Cc1ccc2[nH]cc(CCCNSc3ccc(OCCCN4CCN(C)CC4)cc3)c2c1. The van der Waals surface area contributed by atoms with Crippen LogP contribution < -0.4 is 9.46 Å². The molecule has 0 radical (unpaired) electrons. The van der Waals surface area contributed by atoms with Gasteiger partial charge in [-0.05, 0) is 87.1 Å². The number of hydrogen-bond donors (Lipinski definition) is 2. The first kappa shape index (κ1) is 23.2. The van der Waals surface area contributed by atoms with Crippen LogP contribution in [0.25, 0.3) is 10.9 Å². The van der Waals surface area contributed by atoms with Crippen molar-refractivity contribution >= 4 is 22.9 Å². The number of aromatic amines is 1. The Bertz CT molecular complexity index is 964. The number of likely N-dealkylation sites (N-methyl/N-ethyl adjacent to an activating group) is 1. The Morgan fingerprint density at radius 2 is 1.84 bits per heavy atom. The second-order valence-corrected chi connectivity index (χ2v) is 9.75. The molecule has 0 bridgehead atoms. The second-order valence-electron chi connectivity index (χ2n) is 8.78. The highest BCUT2D eigenvalue weighted by atomic mass is 32.2. The number of fused-ring (bicyclic) bond motifs is 1. The zero-order valence-corrected chi connectivity index (χ0v) is 20.2. The zero-order valence-electron chi connectivity index (χ0n) is 19.4. The van der Waals surface area contributed by atoms with Crippen LogP contribution in [0.4, 0.5) is 0 Å². The summed E-state index contributed by atoms with van der Waals surface area (Å²) < 4.78 is 9.42. The van der Waals surface area contributed by atoms with Crippen molar-refractivity contribution in [3.05, 3.63) is 59.8 Å². The molecule has 3 aromatic rings. The van der Waals surface area contributed by atoms with E-state index in [1.165, 1.54) is 53.1 Å². The molecule has 6 heteroatoms. The van der Waals surface area contributed by atoms with Gasteiger partial charge in [0.15, 0.2) is 0 Å². The maximum Gasteiger partial charge on any atom is 0.119 e. The molecule has 2 aromatic carbocycles. The minimum atomic E-state index is 0.782. The number of nitrogens with one attached hydrogen (secondary N) is 2. The quantitative estimate of drug-likeness (QED) is 0.325. The predicted molar refractivity (Wildman–Crippen MR) is 136 cm³/mol. The molecule has 2 N–H and O–H groups in total. The third-order valence-electron chi connectivity index (χ3n) is 6.14. The number of hydrogen-bond acceptors (Lipinski definition) is 5. The average molecular weight is 453 g/mol. The molecule has 5 nitrogen and oxygen atoms in total. The van der Waals surface area contributed by atoms with Gasteiger partial charge in [0.1, 0.15) is 5.75 Å². The van der Waals surface area contributed by atoms with E-state index in [9.17, 15) is 0 Å². The summed E-state index contributed by atoms with van der Waals surface area (Å²) in [4.78, 5) is 9.53. The van der Waals surface area contributed by atoms with E-state index in [1.54, 1.807) is 11.9 Å². The van der Waals surface area contributed by atoms with E-state index in [0.717, 1.165) is 44.7 Å². The van der Waals surface area contributed by atoms with Crippen molar-refractivity contribution in [2.75, 3.05) is 52.9 Å². The van der Waals surface area contributed by atoms with Gasteiger partial charge in [0.05, 0.1) is 6.61 Å².